The second kappa shape index (κ2) is 9.41. The number of alkyl halides is 3. The van der Waals surface area contributed by atoms with Gasteiger partial charge in [-0.1, -0.05) is 42.5 Å². The number of piperidine rings is 1. The molecule has 2 aromatic carbocycles. The van der Waals surface area contributed by atoms with Gasteiger partial charge in [-0.3, -0.25) is 4.79 Å². The van der Waals surface area contributed by atoms with E-state index in [2.05, 4.69) is 5.32 Å². The number of hydrogen-bond donors (Lipinski definition) is 1. The molecule has 31 heavy (non-hydrogen) atoms. The summed E-state index contributed by atoms with van der Waals surface area (Å²) in [5, 5.41) is 2.37. The first-order valence-corrected chi connectivity index (χ1v) is 10.2. The van der Waals surface area contributed by atoms with Crippen molar-refractivity contribution >= 4 is 17.7 Å². The highest BCUT2D eigenvalue weighted by Gasteiger charge is 2.45. The highest BCUT2D eigenvalue weighted by molar-refractivity contribution is 5.91. The lowest BCUT2D eigenvalue weighted by atomic mass is 9.75. The lowest BCUT2D eigenvalue weighted by Gasteiger charge is -2.41. The summed E-state index contributed by atoms with van der Waals surface area (Å²) < 4.78 is 45.1. The Morgan fingerprint density at radius 1 is 1.10 bits per heavy atom. The Bertz CT molecular complexity index is 918. The molecule has 0 radical (unpaired) electrons. The summed E-state index contributed by atoms with van der Waals surface area (Å²) in [6.07, 6.45) is -3.13. The largest absolute Gasteiger partial charge is 0.466 e. The molecule has 2 amide bonds. The van der Waals surface area contributed by atoms with Crippen LogP contribution in [-0.2, 0) is 22.1 Å². The van der Waals surface area contributed by atoms with Gasteiger partial charge in [0, 0.05) is 13.1 Å². The van der Waals surface area contributed by atoms with E-state index >= 15 is 0 Å². The molecule has 8 heteroatoms. The number of carbonyl (C=O) groups excluding carboxylic acids is 2. The van der Waals surface area contributed by atoms with Crippen LogP contribution < -0.4 is 5.32 Å². The van der Waals surface area contributed by atoms with Crippen molar-refractivity contribution in [3.63, 3.8) is 0 Å². The molecule has 0 spiro atoms. The minimum atomic E-state index is -4.59. The highest BCUT2D eigenvalue weighted by atomic mass is 19.4. The van der Waals surface area contributed by atoms with Gasteiger partial charge >= 0.3 is 18.2 Å². The molecule has 166 valence electrons. The molecule has 3 rings (SSSR count). The quantitative estimate of drug-likeness (QED) is 0.664. The Balaban J connectivity index is 1.82. The van der Waals surface area contributed by atoms with Gasteiger partial charge in [-0.05, 0) is 43.9 Å². The van der Waals surface area contributed by atoms with Gasteiger partial charge in [-0.25, -0.2) is 4.79 Å². The van der Waals surface area contributed by atoms with Gasteiger partial charge in [0.1, 0.15) is 0 Å². The Hall–Kier alpha value is -3.03. The average molecular weight is 434 g/mol. The van der Waals surface area contributed by atoms with Crippen molar-refractivity contribution in [3.8, 4) is 0 Å². The van der Waals surface area contributed by atoms with Crippen molar-refractivity contribution in [2.75, 3.05) is 25.0 Å². The van der Waals surface area contributed by atoms with E-state index in [1.165, 1.54) is 23.1 Å². The SMILES string of the molecule is CCOC(=O)C1(Cc2ccccc2)CCCN(C(=O)Nc2ccccc2C(F)(F)F)C1. The number of esters is 1. The first kappa shape index (κ1) is 22.7. The second-order valence-electron chi connectivity index (χ2n) is 7.66. The topological polar surface area (TPSA) is 58.6 Å². The third-order valence-electron chi connectivity index (χ3n) is 5.43. The molecule has 1 N–H and O–H groups in total. The molecular formula is C23H25F3N2O3. The Morgan fingerprint density at radius 2 is 1.77 bits per heavy atom. The molecule has 0 bridgehead atoms. The van der Waals surface area contributed by atoms with Gasteiger partial charge in [-0.2, -0.15) is 13.2 Å². The zero-order chi connectivity index (χ0) is 22.5. The number of amides is 2. The molecular weight excluding hydrogens is 409 g/mol. The number of ether oxygens (including phenoxy) is 1. The fraction of sp³-hybridized carbons (Fsp3) is 0.391. The molecule has 5 nitrogen and oxygen atoms in total. The Labute approximate surface area is 179 Å². The van der Waals surface area contributed by atoms with Crippen LogP contribution in [0.4, 0.5) is 23.7 Å². The minimum Gasteiger partial charge on any atom is -0.466 e. The van der Waals surface area contributed by atoms with Crippen LogP contribution in [0.3, 0.4) is 0 Å². The predicted octanol–water partition coefficient (Wildman–Crippen LogP) is 5.13. The van der Waals surface area contributed by atoms with E-state index in [0.717, 1.165) is 11.6 Å². The van der Waals surface area contributed by atoms with Crippen molar-refractivity contribution in [2.24, 2.45) is 5.41 Å². The highest BCUT2D eigenvalue weighted by Crippen LogP contribution is 2.37. The standard InChI is InChI=1S/C23H25F3N2O3/c1-2-31-20(29)22(15-17-9-4-3-5-10-17)13-8-14-28(16-22)21(30)27-19-12-7-6-11-18(19)23(24,25)26/h3-7,9-12H,2,8,13-16H2,1H3,(H,27,30). The number of urea groups is 1. The lowest BCUT2D eigenvalue weighted by molar-refractivity contribution is -0.158. The summed E-state index contributed by atoms with van der Waals surface area (Å²) in [6.45, 7) is 2.34. The van der Waals surface area contributed by atoms with Crippen molar-refractivity contribution in [2.45, 2.75) is 32.4 Å². The number of benzene rings is 2. The fourth-order valence-electron chi connectivity index (χ4n) is 3.99. The van der Waals surface area contributed by atoms with E-state index in [-0.39, 0.29) is 18.8 Å². The first-order valence-electron chi connectivity index (χ1n) is 10.2. The summed E-state index contributed by atoms with van der Waals surface area (Å²) in [7, 11) is 0. The van der Waals surface area contributed by atoms with Crippen LogP contribution in [0.15, 0.2) is 54.6 Å². The van der Waals surface area contributed by atoms with Crippen LogP contribution >= 0.6 is 0 Å². The predicted molar refractivity (Wildman–Crippen MR) is 110 cm³/mol. The van der Waals surface area contributed by atoms with E-state index in [1.807, 2.05) is 30.3 Å². The number of likely N-dealkylation sites (tertiary alicyclic amines) is 1. The van der Waals surface area contributed by atoms with E-state index in [4.69, 9.17) is 4.74 Å². The molecule has 0 saturated carbocycles. The molecule has 1 heterocycles. The number of anilines is 1. The van der Waals surface area contributed by atoms with Crippen molar-refractivity contribution < 1.29 is 27.5 Å². The van der Waals surface area contributed by atoms with Gasteiger partial charge in [0.05, 0.1) is 23.3 Å². The van der Waals surface area contributed by atoms with Crippen LogP contribution in [0.5, 0.6) is 0 Å². The summed E-state index contributed by atoms with van der Waals surface area (Å²) in [5.41, 5.74) is -1.24. The van der Waals surface area contributed by atoms with Crippen molar-refractivity contribution in [3.05, 3.63) is 65.7 Å². The molecule has 1 saturated heterocycles. The zero-order valence-electron chi connectivity index (χ0n) is 17.2. The molecule has 0 aromatic heterocycles. The number of nitrogens with one attached hydrogen (secondary N) is 1. The maximum absolute atomic E-state index is 13.3. The summed E-state index contributed by atoms with van der Waals surface area (Å²) in [4.78, 5) is 27.2. The normalized spacial score (nSPS) is 19.0. The molecule has 2 aromatic rings. The number of halogens is 3. The van der Waals surface area contributed by atoms with Crippen LogP contribution in [0, 0.1) is 5.41 Å². The lowest BCUT2D eigenvalue weighted by Crippen LogP contribution is -2.52. The van der Waals surface area contributed by atoms with E-state index in [9.17, 15) is 22.8 Å². The molecule has 1 atom stereocenters. The summed E-state index contributed by atoms with van der Waals surface area (Å²) in [5.74, 6) is -0.396. The van der Waals surface area contributed by atoms with Gasteiger partial charge < -0.3 is 15.0 Å². The van der Waals surface area contributed by atoms with E-state index in [1.54, 1.807) is 6.92 Å². The molecule has 1 aliphatic rings. The third-order valence-corrected chi connectivity index (χ3v) is 5.43. The Kier molecular flexibility index (Phi) is 6.87. The van der Waals surface area contributed by atoms with E-state index in [0.29, 0.717) is 25.8 Å². The third kappa shape index (κ3) is 5.37. The van der Waals surface area contributed by atoms with Crippen LogP contribution in [0.1, 0.15) is 30.9 Å². The number of carbonyl (C=O) groups is 2. The maximum Gasteiger partial charge on any atom is 0.418 e. The number of nitrogens with zero attached hydrogens (tertiary/aromatic N) is 1. The van der Waals surface area contributed by atoms with Gasteiger partial charge in [0.15, 0.2) is 0 Å². The van der Waals surface area contributed by atoms with Gasteiger partial charge in [-0.15, -0.1) is 0 Å². The van der Waals surface area contributed by atoms with E-state index < -0.39 is 29.2 Å². The van der Waals surface area contributed by atoms with Gasteiger partial charge in [0.25, 0.3) is 0 Å². The maximum atomic E-state index is 13.3. The molecule has 0 aliphatic carbocycles. The van der Waals surface area contributed by atoms with Crippen LogP contribution in [0.25, 0.3) is 0 Å². The molecule has 1 aliphatic heterocycles. The number of hydrogen-bond acceptors (Lipinski definition) is 3. The van der Waals surface area contributed by atoms with Crippen LogP contribution in [-0.4, -0.2) is 36.6 Å². The smallest absolute Gasteiger partial charge is 0.418 e. The Morgan fingerprint density at radius 3 is 2.45 bits per heavy atom. The summed E-state index contributed by atoms with van der Waals surface area (Å²) in [6, 6.07) is 13.6. The monoisotopic (exact) mass is 434 g/mol. The number of para-hydroxylation sites is 1. The second-order valence-corrected chi connectivity index (χ2v) is 7.66. The average Bonchev–Trinajstić information content (AvgIpc) is 2.74. The van der Waals surface area contributed by atoms with Crippen molar-refractivity contribution in [1.29, 1.82) is 0 Å². The van der Waals surface area contributed by atoms with Crippen molar-refractivity contribution in [1.82, 2.24) is 4.90 Å². The van der Waals surface area contributed by atoms with Gasteiger partial charge in [0.2, 0.25) is 0 Å². The fourth-order valence-corrected chi connectivity index (χ4v) is 3.99. The molecule has 1 fully saturated rings. The molecule has 1 unspecified atom stereocenters. The zero-order valence-corrected chi connectivity index (χ0v) is 17.2. The first-order chi connectivity index (χ1) is 14.7. The van der Waals surface area contributed by atoms with Crippen LogP contribution in [0.2, 0.25) is 0 Å². The minimum absolute atomic E-state index is 0.0702. The summed E-state index contributed by atoms with van der Waals surface area (Å²) >= 11 is 0. The number of rotatable bonds is 5.